The molecule has 110 heavy (non-hydrogen) atoms. The van der Waals surface area contributed by atoms with E-state index in [4.69, 9.17) is 30.4 Å². The number of imidazole rings is 1. The molecule has 4 aromatic rings. The van der Waals surface area contributed by atoms with Gasteiger partial charge in [-0.05, 0) is 72.8 Å². The monoisotopic (exact) mass is 1560 g/mol. The third-order valence-corrected chi connectivity index (χ3v) is 18.2. The highest BCUT2D eigenvalue weighted by molar-refractivity contribution is 7.98. The van der Waals surface area contributed by atoms with E-state index in [2.05, 4.69) is 67.7 Å². The third kappa shape index (κ3) is 35.4. The third-order valence-electron chi connectivity index (χ3n) is 17.6. The van der Waals surface area contributed by atoms with Crippen LogP contribution >= 0.6 is 11.8 Å². The molecular formula is C73H111N17O19S. The van der Waals surface area contributed by atoms with E-state index in [-0.39, 0.29) is 129 Å². The number of amides is 11. The Labute approximate surface area is 643 Å². The maximum absolute atomic E-state index is 14.3. The number of carbonyl (C=O) groups is 13. The zero-order chi connectivity index (χ0) is 80.5. The lowest BCUT2D eigenvalue weighted by molar-refractivity contribution is -0.140. The van der Waals surface area contributed by atoms with E-state index >= 15 is 0 Å². The number of fused-ring (bicyclic) bond motifs is 1. The number of carboxylic acids is 2. The summed E-state index contributed by atoms with van der Waals surface area (Å²) >= 11 is 1.46. The number of carbonyl (C=O) groups excluding carboxylic acids is 11. The molecule has 37 heteroatoms. The first-order chi connectivity index (χ1) is 52.6. The molecule has 1 aliphatic heterocycles. The van der Waals surface area contributed by atoms with Crippen LogP contribution in [0.3, 0.4) is 0 Å². The van der Waals surface area contributed by atoms with E-state index < -0.39 is 126 Å². The molecule has 0 bridgehead atoms. The Kier molecular flexibility index (Phi) is 40.9. The molecule has 3 heterocycles. The van der Waals surface area contributed by atoms with Gasteiger partial charge in [0.25, 0.3) is 0 Å². The van der Waals surface area contributed by atoms with Crippen LogP contribution in [0.1, 0.15) is 89.1 Å². The minimum Gasteiger partial charge on any atom is -0.480 e. The fourth-order valence-corrected chi connectivity index (χ4v) is 12.1. The van der Waals surface area contributed by atoms with Crippen LogP contribution in [0, 0.1) is 11.8 Å². The first kappa shape index (κ1) is 91.0. The van der Waals surface area contributed by atoms with Gasteiger partial charge in [-0.25, -0.2) is 4.98 Å². The summed E-state index contributed by atoms with van der Waals surface area (Å²) in [6, 6.07) is 6.12. The normalized spacial score (nSPS) is 14.9. The van der Waals surface area contributed by atoms with E-state index in [1.54, 1.807) is 32.2 Å². The summed E-state index contributed by atoms with van der Waals surface area (Å²) in [5.74, 6) is -9.79. The summed E-state index contributed by atoms with van der Waals surface area (Å²) in [5.41, 5.74) is 14.7. The molecule has 1 aliphatic rings. The van der Waals surface area contributed by atoms with Crippen molar-refractivity contribution in [1.82, 2.24) is 77.5 Å². The van der Waals surface area contributed by atoms with Crippen molar-refractivity contribution in [3.05, 3.63) is 89.6 Å². The van der Waals surface area contributed by atoms with Crippen LogP contribution in [-0.2, 0) is 107 Å². The molecule has 1 saturated heterocycles. The van der Waals surface area contributed by atoms with Crippen LogP contribution in [0.5, 0.6) is 0 Å². The maximum Gasteiger partial charge on any atom is 0.317 e. The van der Waals surface area contributed by atoms with Gasteiger partial charge in [0.2, 0.25) is 65.0 Å². The minimum absolute atomic E-state index is 0.0704. The predicted molar refractivity (Wildman–Crippen MR) is 406 cm³/mol. The van der Waals surface area contributed by atoms with Crippen molar-refractivity contribution in [1.29, 1.82) is 0 Å². The summed E-state index contributed by atoms with van der Waals surface area (Å²) < 4.78 is 22.3. The molecule has 0 radical (unpaired) electrons. The zero-order valence-corrected chi connectivity index (χ0v) is 64.3. The highest BCUT2D eigenvalue weighted by Gasteiger charge is 2.34. The topological polar surface area (TPSA) is 514 Å². The van der Waals surface area contributed by atoms with Gasteiger partial charge in [-0.1, -0.05) is 70.2 Å². The minimum atomic E-state index is -1.39. The first-order valence-electron chi connectivity index (χ1n) is 36.8. The highest BCUT2D eigenvalue weighted by atomic mass is 32.2. The van der Waals surface area contributed by atoms with Crippen LogP contribution in [0.15, 0.2) is 67.3 Å². The number of nitrogens with one attached hydrogen (secondary N) is 11. The van der Waals surface area contributed by atoms with E-state index in [0.717, 1.165) is 22.0 Å². The number of nitrogens with zero attached hydrogens (tertiary/aromatic N) is 4. The number of thioether (sulfide) groups is 1. The Morgan fingerprint density at radius 3 is 1.67 bits per heavy atom. The van der Waals surface area contributed by atoms with Crippen molar-refractivity contribution in [2.24, 2.45) is 23.3 Å². The van der Waals surface area contributed by atoms with Gasteiger partial charge in [0.15, 0.2) is 0 Å². The van der Waals surface area contributed by atoms with Crippen molar-refractivity contribution >= 4 is 99.6 Å². The molecule has 0 aliphatic carbocycles. The Bertz CT molecular complexity index is 3580. The number of aliphatic carboxylic acids is 2. The van der Waals surface area contributed by atoms with Crippen molar-refractivity contribution in [2.45, 2.75) is 135 Å². The number of ether oxygens (including phenoxy) is 4. The number of benzene rings is 2. The van der Waals surface area contributed by atoms with E-state index in [9.17, 15) is 72.5 Å². The van der Waals surface area contributed by atoms with Gasteiger partial charge in [-0.15, -0.1) is 0 Å². The first-order valence-corrected chi connectivity index (χ1v) is 38.2. The van der Waals surface area contributed by atoms with Gasteiger partial charge in [0, 0.05) is 107 Å². The zero-order valence-electron chi connectivity index (χ0n) is 63.5. The standard InChI is InChI=1S/C73H111N17O19S/c1-46(2)35-57(71(103)84-55(67(75)99)18-34-110-6)85-72(104)59(38-52-40-76-45-80-52)83-63(94)41-79-73(105)66(47(3)4)87-68(100)48(5)81-70(102)58(37-51-39-78-54-10-8-7-9-53(51)54)86-69(101)56(15-16-60(74)91)82-61(92)17-26-106-28-30-108-32-33-109-31-29-107-27-19-77-62(93)36-49-11-13-50(14-12-49)42-88-20-22-89(43-64(95)96)24-25-90(23-21-88)44-65(97)98/h7-14,39-40,45-48,55-59,66,78H,15-38,41-44H2,1-6H3,(H2,74,91)(H2,75,99)(H,76,80)(H,77,93)(H,79,105)(H,81,102)(H,82,92)(H,83,94)(H,84,103)(H,85,104)(H,86,101)(H,87,100)(H,95,96)(H,97,98)/t48-,55-,56?,57-,58-,59-,66-/m0/s1. The summed E-state index contributed by atoms with van der Waals surface area (Å²) in [6.45, 7) is 13.0. The fourth-order valence-electron chi connectivity index (χ4n) is 11.6. The van der Waals surface area contributed by atoms with Crippen LogP contribution < -0.4 is 59.3 Å². The SMILES string of the molecule is CSCC[C@H](NC(=O)[C@H](CC(C)C)NC(=O)[C@H](Cc1cnc[nH]1)NC(=O)CNC(=O)[C@@H](NC(=O)[C@H](C)NC(=O)[C@H](Cc1c[nH]c2ccccc12)NC(=O)C(CCC(N)=O)NC(=O)CCOCCOCCOCCOCCNC(=O)Cc1ccc(CN2CCN(CC(=O)O)CCN(CC(=O)O)CC2)cc1)C(C)C)C(N)=O. The van der Waals surface area contributed by atoms with Gasteiger partial charge < -0.3 is 98.4 Å². The van der Waals surface area contributed by atoms with Gasteiger partial charge in [0.05, 0.1) is 85.2 Å². The van der Waals surface area contributed by atoms with Gasteiger partial charge in [-0.3, -0.25) is 77.0 Å². The highest BCUT2D eigenvalue weighted by Crippen LogP contribution is 2.20. The molecule has 11 amide bonds. The van der Waals surface area contributed by atoms with E-state index in [1.807, 2.05) is 66.3 Å². The predicted octanol–water partition coefficient (Wildman–Crippen LogP) is -2.18. The number of carboxylic acid groups (broad SMARTS) is 2. The van der Waals surface area contributed by atoms with Crippen molar-refractivity contribution in [3.63, 3.8) is 0 Å². The molecule has 2 aromatic carbocycles. The van der Waals surface area contributed by atoms with Crippen molar-refractivity contribution < 1.29 is 91.5 Å². The average molecular weight is 1560 g/mol. The van der Waals surface area contributed by atoms with Gasteiger partial charge in [0.1, 0.15) is 42.3 Å². The molecule has 0 saturated carbocycles. The van der Waals surface area contributed by atoms with E-state index in [1.165, 1.54) is 31.2 Å². The summed E-state index contributed by atoms with van der Waals surface area (Å²) in [5, 5.41) is 43.3. The molecule has 17 N–H and O–H groups in total. The number of rotatable bonds is 52. The number of para-hydroxylation sites is 1. The molecule has 1 fully saturated rings. The number of aromatic nitrogens is 3. The molecule has 2 aromatic heterocycles. The lowest BCUT2D eigenvalue weighted by Gasteiger charge is -2.26. The number of nitrogens with two attached hydrogens (primary N) is 2. The van der Waals surface area contributed by atoms with Crippen LogP contribution in [0.2, 0.25) is 0 Å². The van der Waals surface area contributed by atoms with Gasteiger partial charge in [-0.2, -0.15) is 11.8 Å². The van der Waals surface area contributed by atoms with Crippen molar-refractivity contribution in [2.75, 3.05) is 130 Å². The lowest BCUT2D eigenvalue weighted by atomic mass is 10.0. The van der Waals surface area contributed by atoms with Crippen LogP contribution in [0.25, 0.3) is 10.9 Å². The number of hydrogen-bond donors (Lipinski definition) is 15. The second-order valence-electron chi connectivity index (χ2n) is 27.4. The Morgan fingerprint density at radius 2 is 1.09 bits per heavy atom. The second kappa shape index (κ2) is 49.5. The molecule has 5 rings (SSSR count). The smallest absolute Gasteiger partial charge is 0.317 e. The molecule has 1 unspecified atom stereocenters. The largest absolute Gasteiger partial charge is 0.480 e. The Balaban J connectivity index is 1.03. The fraction of sp³-hybridized carbons (Fsp3) is 0.589. The number of primary amides is 2. The lowest BCUT2D eigenvalue weighted by Crippen LogP contribution is -2.59. The number of aromatic amines is 2. The summed E-state index contributed by atoms with van der Waals surface area (Å²) in [7, 11) is 0. The molecular weight excluding hydrogens is 1450 g/mol. The van der Waals surface area contributed by atoms with Gasteiger partial charge >= 0.3 is 11.9 Å². The van der Waals surface area contributed by atoms with Crippen LogP contribution in [-0.4, -0.2) is 289 Å². The number of H-pyrrole nitrogens is 2. The maximum atomic E-state index is 14.3. The molecule has 7 atom stereocenters. The molecule has 608 valence electrons. The van der Waals surface area contributed by atoms with E-state index in [0.29, 0.717) is 69.4 Å². The molecule has 36 nitrogen and oxygen atoms in total. The van der Waals surface area contributed by atoms with Crippen LogP contribution in [0.4, 0.5) is 0 Å². The number of hydrogen-bond acceptors (Lipinski definition) is 22. The summed E-state index contributed by atoms with van der Waals surface area (Å²) in [6.07, 6.45) is 5.94. The molecule has 0 spiro atoms. The Hall–Kier alpha value is -9.63. The summed E-state index contributed by atoms with van der Waals surface area (Å²) in [4.78, 5) is 186. The Morgan fingerprint density at radius 1 is 0.545 bits per heavy atom. The average Bonchev–Trinajstić information content (AvgIpc) is 1.65. The second-order valence-corrected chi connectivity index (χ2v) is 28.4. The van der Waals surface area contributed by atoms with Crippen molar-refractivity contribution in [3.8, 4) is 0 Å². The quantitative estimate of drug-likeness (QED) is 0.0209.